The van der Waals surface area contributed by atoms with Crippen molar-refractivity contribution in [3.05, 3.63) is 48.0 Å². The van der Waals surface area contributed by atoms with E-state index in [1.807, 2.05) is 11.0 Å². The lowest BCUT2D eigenvalue weighted by Gasteiger charge is -2.31. The van der Waals surface area contributed by atoms with Crippen LogP contribution in [0.3, 0.4) is 0 Å². The first-order valence-electron chi connectivity index (χ1n) is 8.34. The Labute approximate surface area is 168 Å². The number of carbonyl (C=O) groups excluding carboxylic acids is 1. The van der Waals surface area contributed by atoms with Crippen LogP contribution in [-0.4, -0.2) is 33.2 Å². The molecular weight excluding hydrogens is 412 g/mol. The van der Waals surface area contributed by atoms with E-state index < -0.39 is 26.4 Å². The van der Waals surface area contributed by atoms with Crippen molar-refractivity contribution in [1.29, 1.82) is 0 Å². The van der Waals surface area contributed by atoms with Crippen molar-refractivity contribution in [2.45, 2.75) is 23.5 Å². The number of benzene rings is 2. The Hall–Kier alpha value is -2.39. The fraction of sp³-hybridized carbons (Fsp3) is 0.278. The highest BCUT2D eigenvalue weighted by Gasteiger charge is 2.29. The first kappa shape index (κ1) is 21.9. The molecule has 1 amide bonds. The van der Waals surface area contributed by atoms with E-state index in [0.29, 0.717) is 12.2 Å². The third-order valence-electron chi connectivity index (χ3n) is 4.42. The largest absolute Gasteiger partial charge is 0.398 e. The summed E-state index contributed by atoms with van der Waals surface area (Å²) < 4.78 is 49.3. The van der Waals surface area contributed by atoms with Gasteiger partial charge >= 0.3 is 5.76 Å². The number of carbonyl (C=O) groups is 1. The molecule has 0 saturated carbocycles. The van der Waals surface area contributed by atoms with Crippen LogP contribution < -0.4 is 16.0 Å². The SMILES string of the molecule is Cl.Nc1cccc2c1CCCN2CC(=O)Nc1ccccc1S(=O)(=O)C(F)F. The first-order chi connectivity index (χ1) is 12.8. The van der Waals surface area contributed by atoms with E-state index in [-0.39, 0.29) is 24.6 Å². The Bertz CT molecular complexity index is 970. The predicted octanol–water partition coefficient (Wildman–Crippen LogP) is 3.08. The molecule has 0 unspecified atom stereocenters. The highest BCUT2D eigenvalue weighted by Crippen LogP contribution is 2.31. The second kappa shape index (κ2) is 8.74. The Balaban J connectivity index is 0.00000280. The molecule has 0 aromatic heterocycles. The van der Waals surface area contributed by atoms with Crippen LogP contribution in [0.15, 0.2) is 47.4 Å². The summed E-state index contributed by atoms with van der Waals surface area (Å²) in [6.45, 7) is 0.598. The molecule has 2 aromatic carbocycles. The lowest BCUT2D eigenvalue weighted by Crippen LogP contribution is -2.37. The molecule has 1 heterocycles. The zero-order valence-electron chi connectivity index (χ0n) is 14.8. The van der Waals surface area contributed by atoms with Crippen LogP contribution in [0.5, 0.6) is 0 Å². The number of anilines is 3. The van der Waals surface area contributed by atoms with Crippen LogP contribution in [0, 0.1) is 0 Å². The van der Waals surface area contributed by atoms with E-state index in [4.69, 9.17) is 5.73 Å². The van der Waals surface area contributed by atoms with Crippen molar-refractivity contribution < 1.29 is 22.0 Å². The number of nitrogens with zero attached hydrogens (tertiary/aromatic N) is 1. The van der Waals surface area contributed by atoms with E-state index in [0.717, 1.165) is 30.2 Å². The van der Waals surface area contributed by atoms with Crippen molar-refractivity contribution in [2.75, 3.05) is 29.0 Å². The number of hydrogen-bond acceptors (Lipinski definition) is 5. The van der Waals surface area contributed by atoms with Gasteiger partial charge in [0.05, 0.1) is 17.1 Å². The van der Waals surface area contributed by atoms with Gasteiger partial charge in [0.15, 0.2) is 0 Å². The van der Waals surface area contributed by atoms with Gasteiger partial charge in [-0.25, -0.2) is 8.42 Å². The van der Waals surface area contributed by atoms with E-state index in [9.17, 15) is 22.0 Å². The number of nitrogen functional groups attached to an aromatic ring is 1. The van der Waals surface area contributed by atoms with Crippen LogP contribution in [0.2, 0.25) is 0 Å². The van der Waals surface area contributed by atoms with Gasteiger partial charge in [-0.15, -0.1) is 12.4 Å². The minimum atomic E-state index is -4.82. The normalized spacial score (nSPS) is 13.6. The molecule has 6 nitrogen and oxygen atoms in total. The summed E-state index contributed by atoms with van der Waals surface area (Å²) in [4.78, 5) is 13.7. The molecule has 1 aliphatic heterocycles. The van der Waals surface area contributed by atoms with E-state index >= 15 is 0 Å². The van der Waals surface area contributed by atoms with Crippen LogP contribution in [0.4, 0.5) is 25.8 Å². The number of hydrogen-bond donors (Lipinski definition) is 2. The summed E-state index contributed by atoms with van der Waals surface area (Å²) in [7, 11) is -4.82. The molecule has 0 saturated heterocycles. The molecule has 0 spiro atoms. The van der Waals surface area contributed by atoms with Gasteiger partial charge in [-0.2, -0.15) is 8.78 Å². The van der Waals surface area contributed by atoms with Crippen molar-refractivity contribution >= 4 is 45.2 Å². The maximum Gasteiger partial charge on any atom is 0.341 e. The lowest BCUT2D eigenvalue weighted by molar-refractivity contribution is -0.115. The Morgan fingerprint density at radius 2 is 1.89 bits per heavy atom. The summed E-state index contributed by atoms with van der Waals surface area (Å²) in [6, 6.07) is 10.6. The summed E-state index contributed by atoms with van der Waals surface area (Å²) in [6.07, 6.45) is 1.64. The molecule has 0 radical (unpaired) electrons. The van der Waals surface area contributed by atoms with Gasteiger partial charge in [0.25, 0.3) is 0 Å². The van der Waals surface area contributed by atoms with E-state index in [1.54, 1.807) is 12.1 Å². The maximum atomic E-state index is 12.9. The Kier molecular flexibility index (Phi) is 6.84. The van der Waals surface area contributed by atoms with Crippen LogP contribution in [0.1, 0.15) is 12.0 Å². The molecule has 3 rings (SSSR count). The van der Waals surface area contributed by atoms with Crippen molar-refractivity contribution in [3.63, 3.8) is 0 Å². The number of fused-ring (bicyclic) bond motifs is 1. The average molecular weight is 432 g/mol. The first-order valence-corrected chi connectivity index (χ1v) is 9.88. The molecule has 1 aliphatic rings. The minimum absolute atomic E-state index is 0. The third-order valence-corrected chi connectivity index (χ3v) is 5.86. The number of sulfone groups is 1. The smallest absolute Gasteiger partial charge is 0.341 e. The zero-order chi connectivity index (χ0) is 19.6. The van der Waals surface area contributed by atoms with E-state index in [2.05, 4.69) is 5.32 Å². The standard InChI is InChI=1S/C18H19F2N3O3S.ClH/c19-18(20)27(25,26)16-9-2-1-7-14(16)22-17(24)11-23-10-4-5-12-13(21)6-3-8-15(12)23;/h1-3,6-9,18H,4-5,10-11,21H2,(H,22,24);1H. The van der Waals surface area contributed by atoms with Crippen molar-refractivity contribution in [2.24, 2.45) is 0 Å². The molecule has 0 aliphatic carbocycles. The number of para-hydroxylation sites is 1. The maximum absolute atomic E-state index is 12.9. The van der Waals surface area contributed by atoms with Crippen molar-refractivity contribution in [1.82, 2.24) is 0 Å². The van der Waals surface area contributed by atoms with E-state index in [1.165, 1.54) is 18.2 Å². The average Bonchev–Trinajstić information content (AvgIpc) is 2.63. The predicted molar refractivity (Wildman–Crippen MR) is 107 cm³/mol. The van der Waals surface area contributed by atoms with Crippen LogP contribution in [-0.2, 0) is 21.1 Å². The zero-order valence-corrected chi connectivity index (χ0v) is 16.4. The van der Waals surface area contributed by atoms with Gasteiger partial charge in [-0.05, 0) is 42.7 Å². The summed E-state index contributed by atoms with van der Waals surface area (Å²) in [5, 5.41) is 2.44. The third kappa shape index (κ3) is 4.36. The molecular formula is C18H20ClF2N3O3S. The van der Waals surface area contributed by atoms with Crippen molar-refractivity contribution in [3.8, 4) is 0 Å². The Morgan fingerprint density at radius 3 is 2.61 bits per heavy atom. The van der Waals surface area contributed by atoms with Gasteiger partial charge in [0, 0.05) is 17.9 Å². The number of amides is 1. The van der Waals surface area contributed by atoms with Gasteiger partial charge in [-0.3, -0.25) is 4.79 Å². The number of alkyl halides is 2. The number of nitrogens with two attached hydrogens (primary N) is 1. The molecule has 0 fully saturated rings. The molecule has 10 heteroatoms. The minimum Gasteiger partial charge on any atom is -0.398 e. The molecule has 152 valence electrons. The quantitative estimate of drug-likeness (QED) is 0.710. The topological polar surface area (TPSA) is 92.5 Å². The fourth-order valence-electron chi connectivity index (χ4n) is 3.17. The summed E-state index contributed by atoms with van der Waals surface area (Å²) >= 11 is 0. The lowest BCUT2D eigenvalue weighted by atomic mass is 10.00. The molecule has 0 atom stereocenters. The second-order valence-electron chi connectivity index (χ2n) is 6.22. The second-order valence-corrected chi connectivity index (χ2v) is 8.11. The van der Waals surface area contributed by atoms with Crippen LogP contribution in [0.25, 0.3) is 0 Å². The number of halogens is 3. The molecule has 2 aromatic rings. The van der Waals surface area contributed by atoms with Gasteiger partial charge in [-0.1, -0.05) is 18.2 Å². The van der Waals surface area contributed by atoms with Crippen LogP contribution >= 0.6 is 12.4 Å². The Morgan fingerprint density at radius 1 is 1.18 bits per heavy atom. The van der Waals surface area contributed by atoms with Gasteiger partial charge in [0.1, 0.15) is 0 Å². The highest BCUT2D eigenvalue weighted by atomic mass is 35.5. The number of rotatable bonds is 5. The summed E-state index contributed by atoms with van der Waals surface area (Å²) in [5.74, 6) is -4.06. The fourth-order valence-corrected chi connectivity index (χ4v) is 4.05. The molecule has 28 heavy (non-hydrogen) atoms. The number of nitrogens with one attached hydrogen (secondary N) is 1. The highest BCUT2D eigenvalue weighted by molar-refractivity contribution is 7.91. The molecule has 3 N–H and O–H groups in total. The monoisotopic (exact) mass is 431 g/mol. The van der Waals surface area contributed by atoms with Gasteiger partial charge < -0.3 is 16.0 Å². The summed E-state index contributed by atoms with van der Waals surface area (Å²) in [5.41, 5.74) is 8.31. The van der Waals surface area contributed by atoms with Gasteiger partial charge in [0.2, 0.25) is 15.7 Å². The molecule has 0 bridgehead atoms.